The second kappa shape index (κ2) is 6.56. The molecule has 1 aliphatic rings. The molecule has 1 aromatic rings. The molecule has 1 aromatic heterocycles. The summed E-state index contributed by atoms with van der Waals surface area (Å²) < 4.78 is 27.9. The highest BCUT2D eigenvalue weighted by molar-refractivity contribution is 7.91. The molecular weight excluding hydrogens is 292 g/mol. The van der Waals surface area contributed by atoms with Gasteiger partial charge in [-0.05, 0) is 51.0 Å². The molecule has 0 spiro atoms. The average molecular weight is 318 g/mol. The molecule has 114 valence electrons. The van der Waals surface area contributed by atoms with Crippen molar-refractivity contribution in [2.45, 2.75) is 49.3 Å². The van der Waals surface area contributed by atoms with Crippen LogP contribution in [0.3, 0.4) is 0 Å². The summed E-state index contributed by atoms with van der Waals surface area (Å²) in [6.07, 6.45) is 5.13. The van der Waals surface area contributed by atoms with Gasteiger partial charge in [-0.2, -0.15) is 4.72 Å². The van der Waals surface area contributed by atoms with Gasteiger partial charge in [-0.3, -0.25) is 0 Å². The Hall–Kier alpha value is -0.430. The minimum atomic E-state index is -3.38. The van der Waals surface area contributed by atoms with Crippen molar-refractivity contribution in [2.24, 2.45) is 0 Å². The van der Waals surface area contributed by atoms with Gasteiger partial charge in [0.05, 0.1) is 25.2 Å². The molecule has 20 heavy (non-hydrogen) atoms. The topological polar surface area (TPSA) is 50.6 Å². The summed E-state index contributed by atoms with van der Waals surface area (Å²) in [4.78, 5) is 1.52. The molecule has 2 heterocycles. The van der Waals surface area contributed by atoms with Crippen LogP contribution in [-0.4, -0.2) is 33.6 Å². The number of hydrogen-bond donors (Lipinski definition) is 2. The van der Waals surface area contributed by atoms with Gasteiger partial charge in [0.2, 0.25) is 0 Å². The fourth-order valence-electron chi connectivity index (χ4n) is 2.90. The lowest BCUT2D eigenvalue weighted by Crippen LogP contribution is -3.14. The fraction of sp³-hybridized carbons (Fsp3) is 0.714. The van der Waals surface area contributed by atoms with Gasteiger partial charge in [-0.1, -0.05) is 6.07 Å². The van der Waals surface area contributed by atoms with Crippen molar-refractivity contribution in [1.82, 2.24) is 4.72 Å². The quantitative estimate of drug-likeness (QED) is 0.859. The second-order valence-corrected chi connectivity index (χ2v) is 9.12. The van der Waals surface area contributed by atoms with Gasteiger partial charge in [0.1, 0.15) is 4.21 Å². The zero-order chi connectivity index (χ0) is 14.6. The van der Waals surface area contributed by atoms with Crippen molar-refractivity contribution in [3.05, 3.63) is 17.5 Å². The molecule has 0 aromatic carbocycles. The Morgan fingerprint density at radius 2 is 1.90 bits per heavy atom. The van der Waals surface area contributed by atoms with Crippen molar-refractivity contribution >= 4 is 21.4 Å². The summed E-state index contributed by atoms with van der Waals surface area (Å²) >= 11 is 1.26. The van der Waals surface area contributed by atoms with E-state index in [9.17, 15) is 8.42 Å². The van der Waals surface area contributed by atoms with E-state index in [1.807, 2.05) is 13.8 Å². The van der Waals surface area contributed by atoms with Crippen LogP contribution in [-0.2, 0) is 10.0 Å². The molecule has 0 radical (unpaired) electrons. The summed E-state index contributed by atoms with van der Waals surface area (Å²) in [6.45, 7) is 7.12. The van der Waals surface area contributed by atoms with E-state index in [-0.39, 0.29) is 0 Å². The van der Waals surface area contributed by atoms with E-state index in [2.05, 4.69) is 4.72 Å². The van der Waals surface area contributed by atoms with Crippen LogP contribution in [0.5, 0.6) is 0 Å². The van der Waals surface area contributed by atoms with Crippen LogP contribution in [0.1, 0.15) is 39.5 Å². The third-order valence-electron chi connectivity index (χ3n) is 3.67. The maximum Gasteiger partial charge on any atom is 0.250 e. The lowest BCUT2D eigenvalue weighted by molar-refractivity contribution is -0.902. The van der Waals surface area contributed by atoms with Gasteiger partial charge in [-0.15, -0.1) is 11.3 Å². The predicted molar refractivity (Wildman–Crippen MR) is 82.8 cm³/mol. The average Bonchev–Trinajstić information content (AvgIpc) is 2.76. The summed E-state index contributed by atoms with van der Waals surface area (Å²) in [5.74, 6) is 0. The Bertz CT molecular complexity index is 501. The fourth-order valence-corrected chi connectivity index (χ4v) is 5.30. The van der Waals surface area contributed by atoms with Crippen molar-refractivity contribution < 1.29 is 13.3 Å². The number of quaternary nitrogens is 1. The molecule has 1 aliphatic heterocycles. The highest BCUT2D eigenvalue weighted by Crippen LogP contribution is 2.17. The van der Waals surface area contributed by atoms with Gasteiger partial charge in [0.25, 0.3) is 10.0 Å². The van der Waals surface area contributed by atoms with Crippen molar-refractivity contribution in [1.29, 1.82) is 0 Å². The van der Waals surface area contributed by atoms with Crippen LogP contribution < -0.4 is 9.62 Å². The molecule has 0 unspecified atom stereocenters. The molecule has 1 fully saturated rings. The lowest BCUT2D eigenvalue weighted by Gasteiger charge is -2.29. The molecule has 0 atom stereocenters. The van der Waals surface area contributed by atoms with Gasteiger partial charge < -0.3 is 4.90 Å². The van der Waals surface area contributed by atoms with E-state index >= 15 is 0 Å². The minimum absolute atomic E-state index is 0.399. The van der Waals surface area contributed by atoms with Crippen molar-refractivity contribution in [3.63, 3.8) is 0 Å². The van der Waals surface area contributed by atoms with E-state index in [0.717, 1.165) is 19.6 Å². The third kappa shape index (κ3) is 4.55. The maximum absolute atomic E-state index is 12.3. The lowest BCUT2D eigenvalue weighted by atomic mass is 10.1. The van der Waals surface area contributed by atoms with Crippen LogP contribution >= 0.6 is 11.3 Å². The predicted octanol–water partition coefficient (Wildman–Crippen LogP) is 1.26. The van der Waals surface area contributed by atoms with E-state index in [1.165, 1.54) is 41.9 Å². The SMILES string of the molecule is CC(C)(C[NH+]1CCCCCC1)NS(=O)(=O)c1cccs1. The van der Waals surface area contributed by atoms with Gasteiger partial charge in [0.15, 0.2) is 0 Å². The molecule has 2 rings (SSSR count). The van der Waals surface area contributed by atoms with Gasteiger partial charge in [-0.25, -0.2) is 8.42 Å². The number of sulfonamides is 1. The van der Waals surface area contributed by atoms with Crippen LogP contribution in [0.2, 0.25) is 0 Å². The molecule has 0 saturated carbocycles. The molecule has 2 N–H and O–H groups in total. The van der Waals surface area contributed by atoms with Crippen molar-refractivity contribution in [2.75, 3.05) is 19.6 Å². The smallest absolute Gasteiger partial charge is 0.250 e. The number of rotatable bonds is 5. The summed E-state index contributed by atoms with van der Waals surface area (Å²) in [6, 6.07) is 3.42. The van der Waals surface area contributed by atoms with Crippen LogP contribution in [0.4, 0.5) is 0 Å². The second-order valence-electron chi connectivity index (χ2n) is 6.26. The molecule has 0 aliphatic carbocycles. The monoisotopic (exact) mass is 317 g/mol. The van der Waals surface area contributed by atoms with E-state index < -0.39 is 15.6 Å². The zero-order valence-electron chi connectivity index (χ0n) is 12.3. The third-order valence-corrected chi connectivity index (χ3v) is 6.77. The Kier molecular flexibility index (Phi) is 5.23. The largest absolute Gasteiger partial charge is 0.333 e. The standard InChI is InChI=1S/C14H24N2O2S2/c1-14(2,12-16-9-5-3-4-6-10-16)15-20(17,18)13-8-7-11-19-13/h7-8,11,15H,3-6,9-10,12H2,1-2H3/p+1. The Morgan fingerprint density at radius 3 is 2.45 bits per heavy atom. The van der Waals surface area contributed by atoms with Crippen LogP contribution in [0, 0.1) is 0 Å². The molecule has 6 heteroatoms. The minimum Gasteiger partial charge on any atom is -0.333 e. The number of hydrogen-bond acceptors (Lipinski definition) is 3. The first-order chi connectivity index (χ1) is 9.39. The zero-order valence-corrected chi connectivity index (χ0v) is 13.9. The molecule has 1 saturated heterocycles. The van der Waals surface area contributed by atoms with Crippen LogP contribution in [0.15, 0.2) is 21.7 Å². The first-order valence-corrected chi connectivity index (χ1v) is 9.66. The maximum atomic E-state index is 12.3. The van der Waals surface area contributed by atoms with E-state index in [0.29, 0.717) is 4.21 Å². The number of likely N-dealkylation sites (tertiary alicyclic amines) is 1. The van der Waals surface area contributed by atoms with Gasteiger partial charge >= 0.3 is 0 Å². The van der Waals surface area contributed by atoms with E-state index in [1.54, 1.807) is 17.5 Å². The molecule has 4 nitrogen and oxygen atoms in total. The molecule has 0 bridgehead atoms. The van der Waals surface area contributed by atoms with Gasteiger partial charge in [0, 0.05) is 0 Å². The number of thiophene rings is 1. The summed E-state index contributed by atoms with van der Waals surface area (Å²) in [7, 11) is -3.38. The van der Waals surface area contributed by atoms with Crippen molar-refractivity contribution in [3.8, 4) is 0 Å². The Balaban J connectivity index is 1.99. The Morgan fingerprint density at radius 1 is 1.25 bits per heavy atom. The molecular formula is C14H25N2O2S2+. The first-order valence-electron chi connectivity index (χ1n) is 7.30. The normalized spacial score (nSPS) is 18.9. The highest BCUT2D eigenvalue weighted by Gasteiger charge is 2.31. The number of nitrogens with one attached hydrogen (secondary N) is 2. The first kappa shape index (κ1) is 15.9. The summed E-state index contributed by atoms with van der Waals surface area (Å²) in [5, 5.41) is 1.79. The Labute approximate surface area is 126 Å². The highest BCUT2D eigenvalue weighted by atomic mass is 32.2. The summed E-state index contributed by atoms with van der Waals surface area (Å²) in [5.41, 5.74) is -0.414. The molecule has 0 amide bonds. The van der Waals surface area contributed by atoms with E-state index in [4.69, 9.17) is 0 Å². The van der Waals surface area contributed by atoms with Crippen LogP contribution in [0.25, 0.3) is 0 Å².